The highest BCUT2D eigenvalue weighted by Gasteiger charge is 2.03. The first-order valence-electron chi connectivity index (χ1n) is 6.70. The van der Waals surface area contributed by atoms with E-state index in [1.807, 2.05) is 32.0 Å². The van der Waals surface area contributed by atoms with E-state index < -0.39 is 0 Å². The zero-order chi connectivity index (χ0) is 15.2. The largest absolute Gasteiger partial charge is 0.465 e. The molecule has 0 aliphatic carbocycles. The van der Waals surface area contributed by atoms with E-state index in [1.165, 1.54) is 12.7 Å². The van der Waals surface area contributed by atoms with Crippen molar-refractivity contribution < 1.29 is 9.53 Å². The summed E-state index contributed by atoms with van der Waals surface area (Å²) in [6.45, 7) is 4.72. The van der Waals surface area contributed by atoms with Crippen LogP contribution in [-0.4, -0.2) is 29.8 Å². The third-order valence-corrected chi connectivity index (χ3v) is 3.00. The van der Waals surface area contributed by atoms with Crippen LogP contribution < -0.4 is 5.32 Å². The summed E-state index contributed by atoms with van der Waals surface area (Å²) in [4.78, 5) is 11.4. The maximum absolute atomic E-state index is 11.4. The fourth-order valence-electron chi connectivity index (χ4n) is 1.91. The SMILES string of the molecule is COC(=O)c1ccc(C=C(C)CNc2cc(C)[nH]n2)cc1. The first-order chi connectivity index (χ1) is 10.1. The number of carbonyl (C=O) groups is 1. The molecule has 0 amide bonds. The van der Waals surface area contributed by atoms with Gasteiger partial charge in [-0.2, -0.15) is 5.10 Å². The van der Waals surface area contributed by atoms with Gasteiger partial charge in [0.15, 0.2) is 0 Å². The summed E-state index contributed by atoms with van der Waals surface area (Å²) >= 11 is 0. The third kappa shape index (κ3) is 4.21. The van der Waals surface area contributed by atoms with Crippen molar-refractivity contribution in [2.45, 2.75) is 13.8 Å². The molecule has 0 fully saturated rings. The molecule has 0 radical (unpaired) electrons. The van der Waals surface area contributed by atoms with Gasteiger partial charge in [0.1, 0.15) is 5.82 Å². The molecular formula is C16H19N3O2. The van der Waals surface area contributed by atoms with E-state index in [4.69, 9.17) is 0 Å². The Hall–Kier alpha value is -2.56. The summed E-state index contributed by atoms with van der Waals surface area (Å²) in [5.74, 6) is 0.513. The maximum atomic E-state index is 11.4. The predicted octanol–water partition coefficient (Wildman–Crippen LogP) is 3.02. The highest BCUT2D eigenvalue weighted by atomic mass is 16.5. The molecule has 1 aromatic heterocycles. The highest BCUT2D eigenvalue weighted by molar-refractivity contribution is 5.89. The van der Waals surface area contributed by atoms with E-state index in [0.29, 0.717) is 12.1 Å². The molecule has 2 N–H and O–H groups in total. The average molecular weight is 285 g/mol. The van der Waals surface area contributed by atoms with Crippen molar-refractivity contribution in [1.29, 1.82) is 0 Å². The van der Waals surface area contributed by atoms with E-state index in [0.717, 1.165) is 17.1 Å². The number of esters is 1. The second kappa shape index (κ2) is 6.74. The quantitative estimate of drug-likeness (QED) is 0.829. The molecular weight excluding hydrogens is 266 g/mol. The Morgan fingerprint density at radius 2 is 2.10 bits per heavy atom. The van der Waals surface area contributed by atoms with Gasteiger partial charge in [-0.1, -0.05) is 23.8 Å². The van der Waals surface area contributed by atoms with E-state index in [1.54, 1.807) is 12.1 Å². The molecule has 110 valence electrons. The van der Waals surface area contributed by atoms with Crippen LogP contribution in [0.2, 0.25) is 0 Å². The summed E-state index contributed by atoms with van der Waals surface area (Å²) in [6, 6.07) is 9.27. The molecule has 0 saturated heterocycles. The molecule has 0 spiro atoms. The lowest BCUT2D eigenvalue weighted by molar-refractivity contribution is 0.0601. The molecule has 21 heavy (non-hydrogen) atoms. The number of aromatic amines is 1. The van der Waals surface area contributed by atoms with Crippen molar-refractivity contribution in [3.8, 4) is 0 Å². The van der Waals surface area contributed by atoms with Gasteiger partial charge < -0.3 is 10.1 Å². The third-order valence-electron chi connectivity index (χ3n) is 3.00. The molecule has 0 saturated carbocycles. The van der Waals surface area contributed by atoms with Crippen LogP contribution in [0.1, 0.15) is 28.5 Å². The number of aryl methyl sites for hydroxylation is 1. The minimum absolute atomic E-state index is 0.321. The number of anilines is 1. The number of hydrogen-bond donors (Lipinski definition) is 2. The van der Waals surface area contributed by atoms with E-state index in [2.05, 4.69) is 26.3 Å². The number of aromatic nitrogens is 2. The molecule has 0 aliphatic heterocycles. The van der Waals surface area contributed by atoms with Gasteiger partial charge in [-0.25, -0.2) is 4.79 Å². The van der Waals surface area contributed by atoms with Gasteiger partial charge in [0, 0.05) is 18.3 Å². The number of benzene rings is 1. The van der Waals surface area contributed by atoms with Crippen LogP contribution in [0.5, 0.6) is 0 Å². The lowest BCUT2D eigenvalue weighted by Crippen LogP contribution is -2.03. The van der Waals surface area contributed by atoms with Crippen LogP contribution in [0.25, 0.3) is 6.08 Å². The van der Waals surface area contributed by atoms with Crippen molar-refractivity contribution >= 4 is 17.9 Å². The Morgan fingerprint density at radius 3 is 2.67 bits per heavy atom. The first kappa shape index (κ1) is 14.8. The monoisotopic (exact) mass is 285 g/mol. The van der Waals surface area contributed by atoms with E-state index in [-0.39, 0.29) is 5.97 Å². The molecule has 1 aromatic carbocycles. The number of nitrogens with zero attached hydrogens (tertiary/aromatic N) is 1. The Balaban J connectivity index is 1.96. The summed E-state index contributed by atoms with van der Waals surface area (Å²) in [6.07, 6.45) is 2.06. The van der Waals surface area contributed by atoms with Crippen molar-refractivity contribution in [1.82, 2.24) is 10.2 Å². The lowest BCUT2D eigenvalue weighted by Gasteiger charge is -2.04. The molecule has 0 aliphatic rings. The van der Waals surface area contributed by atoms with Crippen LogP contribution in [0.3, 0.4) is 0 Å². The van der Waals surface area contributed by atoms with Gasteiger partial charge in [-0.15, -0.1) is 0 Å². The fraction of sp³-hybridized carbons (Fsp3) is 0.250. The van der Waals surface area contributed by atoms with Crippen LogP contribution >= 0.6 is 0 Å². The summed E-state index contributed by atoms with van der Waals surface area (Å²) in [5, 5.41) is 10.2. The Morgan fingerprint density at radius 1 is 1.38 bits per heavy atom. The summed E-state index contributed by atoms with van der Waals surface area (Å²) < 4.78 is 4.67. The molecule has 5 nitrogen and oxygen atoms in total. The number of H-pyrrole nitrogens is 1. The average Bonchev–Trinajstić information content (AvgIpc) is 2.91. The number of carbonyl (C=O) groups excluding carboxylic acids is 1. The second-order valence-electron chi connectivity index (χ2n) is 4.89. The summed E-state index contributed by atoms with van der Waals surface area (Å²) in [5.41, 5.74) is 3.79. The zero-order valence-corrected chi connectivity index (χ0v) is 12.4. The van der Waals surface area contributed by atoms with Crippen molar-refractivity contribution in [3.63, 3.8) is 0 Å². The summed E-state index contributed by atoms with van der Waals surface area (Å²) in [7, 11) is 1.38. The number of ether oxygens (including phenoxy) is 1. The topological polar surface area (TPSA) is 67.0 Å². The van der Waals surface area contributed by atoms with Gasteiger partial charge in [0.05, 0.1) is 12.7 Å². The van der Waals surface area contributed by atoms with E-state index >= 15 is 0 Å². The van der Waals surface area contributed by atoms with Crippen LogP contribution in [0.4, 0.5) is 5.82 Å². The zero-order valence-electron chi connectivity index (χ0n) is 12.4. The van der Waals surface area contributed by atoms with Gasteiger partial charge in [-0.05, 0) is 31.5 Å². The number of rotatable bonds is 5. The van der Waals surface area contributed by atoms with Crippen LogP contribution in [-0.2, 0) is 4.74 Å². The van der Waals surface area contributed by atoms with Crippen LogP contribution in [0, 0.1) is 6.92 Å². The number of methoxy groups -OCH3 is 1. The Labute approximate surface area is 124 Å². The van der Waals surface area contributed by atoms with Gasteiger partial charge >= 0.3 is 5.97 Å². The van der Waals surface area contributed by atoms with Crippen molar-refractivity contribution in [3.05, 3.63) is 52.7 Å². The number of hydrogen-bond acceptors (Lipinski definition) is 4. The first-order valence-corrected chi connectivity index (χ1v) is 6.70. The second-order valence-corrected chi connectivity index (χ2v) is 4.89. The highest BCUT2D eigenvalue weighted by Crippen LogP contribution is 2.11. The molecule has 2 aromatic rings. The Kier molecular flexibility index (Phi) is 4.77. The predicted molar refractivity (Wildman–Crippen MR) is 83.2 cm³/mol. The smallest absolute Gasteiger partial charge is 0.337 e. The molecule has 0 bridgehead atoms. The normalized spacial score (nSPS) is 11.3. The molecule has 0 atom stereocenters. The van der Waals surface area contributed by atoms with Gasteiger partial charge in [-0.3, -0.25) is 5.10 Å². The Bertz CT molecular complexity index is 642. The molecule has 1 heterocycles. The number of nitrogens with one attached hydrogen (secondary N) is 2. The van der Waals surface area contributed by atoms with Crippen LogP contribution in [0.15, 0.2) is 35.9 Å². The fourth-order valence-corrected chi connectivity index (χ4v) is 1.91. The van der Waals surface area contributed by atoms with E-state index in [9.17, 15) is 4.79 Å². The lowest BCUT2D eigenvalue weighted by atomic mass is 10.1. The van der Waals surface area contributed by atoms with Gasteiger partial charge in [0.25, 0.3) is 0 Å². The minimum Gasteiger partial charge on any atom is -0.465 e. The minimum atomic E-state index is -0.321. The molecule has 5 heteroatoms. The standard InChI is InChI=1S/C16H19N3O2/c1-11(10-17-15-9-12(2)18-19-15)8-13-4-6-14(7-5-13)16(20)21-3/h4-9H,10H2,1-3H3,(H2,17,18,19). The van der Waals surface area contributed by atoms with Crippen molar-refractivity contribution in [2.75, 3.05) is 19.0 Å². The molecule has 2 rings (SSSR count). The molecule has 0 unspecified atom stereocenters. The maximum Gasteiger partial charge on any atom is 0.337 e. The van der Waals surface area contributed by atoms with Gasteiger partial charge in [0.2, 0.25) is 0 Å². The van der Waals surface area contributed by atoms with Crippen molar-refractivity contribution in [2.24, 2.45) is 0 Å².